The fourth-order valence-corrected chi connectivity index (χ4v) is 3.85. The first-order valence-electron chi connectivity index (χ1n) is 9.46. The maximum absolute atomic E-state index is 13.4. The van der Waals surface area contributed by atoms with Crippen molar-refractivity contribution in [1.82, 2.24) is 5.32 Å². The van der Waals surface area contributed by atoms with Gasteiger partial charge in [-0.2, -0.15) is 0 Å². The highest BCUT2D eigenvalue weighted by molar-refractivity contribution is 5.72. The standard InChI is InChI=1S/C21H25F2N3O/c1-16(27)24-10-11-25-12-14-26(15-13-25)21(17-2-6-19(22)7-3-17)18-4-8-20(23)9-5-18/h2-9,21H,10-15H2,1H3,(H,24,27)/p+2. The molecule has 2 aromatic carbocycles. The van der Waals surface area contributed by atoms with Gasteiger partial charge in [0.15, 0.2) is 0 Å². The van der Waals surface area contributed by atoms with Crippen LogP contribution in [0.4, 0.5) is 8.78 Å². The molecule has 3 rings (SSSR count). The summed E-state index contributed by atoms with van der Waals surface area (Å²) in [7, 11) is 0. The van der Waals surface area contributed by atoms with Gasteiger partial charge in [0, 0.05) is 18.1 Å². The van der Waals surface area contributed by atoms with E-state index >= 15 is 0 Å². The summed E-state index contributed by atoms with van der Waals surface area (Å²) in [5, 5.41) is 2.85. The lowest BCUT2D eigenvalue weighted by Gasteiger charge is -2.35. The van der Waals surface area contributed by atoms with Crippen molar-refractivity contribution >= 4 is 5.91 Å². The van der Waals surface area contributed by atoms with Crippen molar-refractivity contribution in [2.45, 2.75) is 13.0 Å². The number of carbonyl (C=O) groups is 1. The van der Waals surface area contributed by atoms with Crippen LogP contribution in [0, 0.1) is 11.6 Å². The Kier molecular flexibility index (Phi) is 6.53. The van der Waals surface area contributed by atoms with Crippen LogP contribution < -0.4 is 15.1 Å². The van der Waals surface area contributed by atoms with Crippen LogP contribution in [0.3, 0.4) is 0 Å². The minimum absolute atomic E-state index is 0.00587. The van der Waals surface area contributed by atoms with Crippen LogP contribution in [0.5, 0.6) is 0 Å². The number of rotatable bonds is 6. The van der Waals surface area contributed by atoms with Crippen molar-refractivity contribution in [3.8, 4) is 0 Å². The summed E-state index contributed by atoms with van der Waals surface area (Å²) in [4.78, 5) is 13.9. The molecule has 1 fully saturated rings. The Morgan fingerprint density at radius 3 is 1.85 bits per heavy atom. The van der Waals surface area contributed by atoms with E-state index in [4.69, 9.17) is 0 Å². The Balaban J connectivity index is 1.71. The molecule has 0 saturated carbocycles. The Bertz CT molecular complexity index is 696. The van der Waals surface area contributed by atoms with E-state index in [0.717, 1.165) is 43.9 Å². The fraction of sp³-hybridized carbons (Fsp3) is 0.381. The molecule has 6 heteroatoms. The highest BCUT2D eigenvalue weighted by Crippen LogP contribution is 2.20. The molecule has 1 saturated heterocycles. The predicted molar refractivity (Wildman–Crippen MR) is 99.6 cm³/mol. The predicted octanol–water partition coefficient (Wildman–Crippen LogP) is -0.0263. The van der Waals surface area contributed by atoms with Gasteiger partial charge in [0.05, 0.1) is 13.1 Å². The van der Waals surface area contributed by atoms with Gasteiger partial charge >= 0.3 is 0 Å². The van der Waals surface area contributed by atoms with Gasteiger partial charge in [0.1, 0.15) is 43.9 Å². The molecule has 1 aliphatic heterocycles. The molecule has 0 radical (unpaired) electrons. The summed E-state index contributed by atoms with van der Waals surface area (Å²) >= 11 is 0. The van der Waals surface area contributed by atoms with Gasteiger partial charge in [0.2, 0.25) is 5.91 Å². The van der Waals surface area contributed by atoms with E-state index in [1.165, 1.54) is 41.0 Å². The van der Waals surface area contributed by atoms with E-state index in [1.54, 1.807) is 0 Å². The van der Waals surface area contributed by atoms with Gasteiger partial charge in [0.25, 0.3) is 0 Å². The zero-order chi connectivity index (χ0) is 19.2. The van der Waals surface area contributed by atoms with Crippen molar-refractivity contribution < 1.29 is 23.4 Å². The quantitative estimate of drug-likeness (QED) is 0.652. The number of hydrogen-bond donors (Lipinski definition) is 3. The van der Waals surface area contributed by atoms with Gasteiger partial charge in [-0.05, 0) is 48.5 Å². The van der Waals surface area contributed by atoms with E-state index in [0.29, 0.717) is 6.54 Å². The minimum atomic E-state index is -0.251. The third-order valence-electron chi connectivity index (χ3n) is 5.27. The Morgan fingerprint density at radius 1 is 0.926 bits per heavy atom. The second-order valence-corrected chi connectivity index (χ2v) is 7.18. The molecule has 1 aliphatic rings. The van der Waals surface area contributed by atoms with Gasteiger partial charge in [-0.25, -0.2) is 8.78 Å². The number of hydrogen-bond acceptors (Lipinski definition) is 1. The van der Waals surface area contributed by atoms with Crippen LogP contribution in [0.25, 0.3) is 0 Å². The first kappa shape index (κ1) is 19.5. The molecule has 0 atom stereocenters. The first-order chi connectivity index (χ1) is 13.0. The second kappa shape index (κ2) is 9.06. The number of nitrogens with one attached hydrogen (secondary N) is 3. The third kappa shape index (κ3) is 5.34. The fourth-order valence-electron chi connectivity index (χ4n) is 3.85. The summed E-state index contributed by atoms with van der Waals surface area (Å²) < 4.78 is 26.8. The number of quaternary nitrogens is 2. The number of amides is 1. The van der Waals surface area contributed by atoms with Crippen LogP contribution in [0.2, 0.25) is 0 Å². The summed E-state index contributed by atoms with van der Waals surface area (Å²) in [5.74, 6) is -0.496. The number of piperazine rings is 1. The van der Waals surface area contributed by atoms with Crippen LogP contribution in [-0.2, 0) is 4.79 Å². The summed E-state index contributed by atoms with van der Waals surface area (Å²) in [6.45, 7) is 7.10. The monoisotopic (exact) mass is 375 g/mol. The third-order valence-corrected chi connectivity index (χ3v) is 5.27. The molecule has 3 N–H and O–H groups in total. The molecule has 0 bridgehead atoms. The largest absolute Gasteiger partial charge is 0.351 e. The van der Waals surface area contributed by atoms with E-state index in [9.17, 15) is 13.6 Å². The van der Waals surface area contributed by atoms with Crippen molar-refractivity contribution in [3.63, 3.8) is 0 Å². The Labute approximate surface area is 158 Å². The lowest BCUT2D eigenvalue weighted by atomic mass is 9.96. The Morgan fingerprint density at radius 2 is 1.41 bits per heavy atom. The topological polar surface area (TPSA) is 38.0 Å². The molecule has 0 aliphatic carbocycles. The van der Waals surface area contributed by atoms with Crippen molar-refractivity contribution in [1.29, 1.82) is 0 Å². The molecular formula is C21H27F2N3O+2. The van der Waals surface area contributed by atoms with E-state index in [-0.39, 0.29) is 23.6 Å². The molecule has 1 amide bonds. The normalized spacial score (nSPS) is 19.9. The number of carbonyl (C=O) groups excluding carboxylic acids is 1. The van der Waals surface area contributed by atoms with E-state index in [1.807, 2.05) is 24.3 Å². The minimum Gasteiger partial charge on any atom is -0.351 e. The average molecular weight is 375 g/mol. The van der Waals surface area contributed by atoms with Gasteiger partial charge < -0.3 is 15.1 Å². The lowest BCUT2D eigenvalue weighted by Crippen LogP contribution is -3.28. The smallest absolute Gasteiger partial charge is 0.217 e. The number of halogens is 2. The SMILES string of the molecule is CC(=O)NCC[NH+]1CC[NH+](C(c2ccc(F)cc2)c2ccc(F)cc2)CC1. The second-order valence-electron chi connectivity index (χ2n) is 7.18. The molecule has 2 aromatic rings. The van der Waals surface area contributed by atoms with Crippen LogP contribution >= 0.6 is 0 Å². The summed E-state index contributed by atoms with van der Waals surface area (Å²) in [6, 6.07) is 13.3. The summed E-state index contributed by atoms with van der Waals surface area (Å²) in [6.07, 6.45) is 0. The van der Waals surface area contributed by atoms with Gasteiger partial charge in [-0.15, -0.1) is 0 Å². The van der Waals surface area contributed by atoms with E-state index < -0.39 is 0 Å². The molecule has 1 heterocycles. The summed E-state index contributed by atoms with van der Waals surface area (Å²) in [5.41, 5.74) is 2.08. The molecule has 4 nitrogen and oxygen atoms in total. The zero-order valence-electron chi connectivity index (χ0n) is 15.6. The lowest BCUT2D eigenvalue weighted by molar-refractivity contribution is -1.02. The highest BCUT2D eigenvalue weighted by atomic mass is 19.1. The number of benzene rings is 2. The van der Waals surface area contributed by atoms with E-state index in [2.05, 4.69) is 5.32 Å². The highest BCUT2D eigenvalue weighted by Gasteiger charge is 2.31. The average Bonchev–Trinajstić information content (AvgIpc) is 2.66. The van der Waals surface area contributed by atoms with Gasteiger partial charge in [-0.1, -0.05) is 0 Å². The van der Waals surface area contributed by atoms with Crippen LogP contribution in [-0.4, -0.2) is 45.2 Å². The molecule has 0 aromatic heterocycles. The molecule has 144 valence electrons. The van der Waals surface area contributed by atoms with Crippen molar-refractivity contribution in [2.24, 2.45) is 0 Å². The Hall–Kier alpha value is -2.31. The van der Waals surface area contributed by atoms with Crippen LogP contribution in [0.1, 0.15) is 24.1 Å². The maximum atomic E-state index is 13.4. The van der Waals surface area contributed by atoms with Gasteiger partial charge in [-0.3, -0.25) is 4.79 Å². The molecular weight excluding hydrogens is 348 g/mol. The molecule has 0 spiro atoms. The molecule has 27 heavy (non-hydrogen) atoms. The first-order valence-corrected chi connectivity index (χ1v) is 9.46. The zero-order valence-corrected chi connectivity index (χ0v) is 15.6. The van der Waals surface area contributed by atoms with Crippen molar-refractivity contribution in [3.05, 3.63) is 71.3 Å². The van der Waals surface area contributed by atoms with Crippen LogP contribution in [0.15, 0.2) is 48.5 Å². The molecule has 0 unspecified atom stereocenters. The maximum Gasteiger partial charge on any atom is 0.217 e. The van der Waals surface area contributed by atoms with Crippen molar-refractivity contribution in [2.75, 3.05) is 39.3 Å².